The predicted molar refractivity (Wildman–Crippen MR) is 80.3 cm³/mol. The van der Waals surface area contributed by atoms with Crippen LogP contribution in [0.15, 0.2) is 23.0 Å². The summed E-state index contributed by atoms with van der Waals surface area (Å²) in [6.45, 7) is 0.270. The normalized spacial score (nSPS) is 15.7. The van der Waals surface area contributed by atoms with Crippen molar-refractivity contribution < 1.29 is 14.2 Å². The lowest BCUT2D eigenvalue weighted by atomic mass is 9.95. The molecule has 0 atom stereocenters. The number of rotatable bonds is 2. The van der Waals surface area contributed by atoms with E-state index in [1.54, 1.807) is 0 Å². The molecule has 5 heteroatoms. The second kappa shape index (κ2) is 5.16. The first-order valence-electron chi connectivity index (χ1n) is 7.74. The number of ether oxygens (including phenoxy) is 2. The molecule has 0 spiro atoms. The van der Waals surface area contributed by atoms with E-state index in [2.05, 4.69) is 5.10 Å². The maximum Gasteiger partial charge on any atom is 0.257 e. The van der Waals surface area contributed by atoms with E-state index < -0.39 is 0 Å². The second-order valence-electron chi connectivity index (χ2n) is 5.98. The molecule has 0 saturated heterocycles. The van der Waals surface area contributed by atoms with Gasteiger partial charge >= 0.3 is 0 Å². The van der Waals surface area contributed by atoms with Gasteiger partial charge in [-0.1, -0.05) is 6.07 Å². The van der Waals surface area contributed by atoms with Gasteiger partial charge in [0.15, 0.2) is 18.5 Å². The van der Waals surface area contributed by atoms with E-state index >= 15 is 0 Å². The summed E-state index contributed by atoms with van der Waals surface area (Å²) in [5.74, 6) is 1.53. The van der Waals surface area contributed by atoms with Crippen molar-refractivity contribution >= 4 is 0 Å². The van der Waals surface area contributed by atoms with Gasteiger partial charge in [-0.2, -0.15) is 5.10 Å². The van der Waals surface area contributed by atoms with Crippen molar-refractivity contribution in [1.29, 1.82) is 0 Å². The highest BCUT2D eigenvalue weighted by Gasteiger charge is 2.24. The van der Waals surface area contributed by atoms with Gasteiger partial charge in [-0.05, 0) is 43.4 Å². The van der Waals surface area contributed by atoms with Crippen LogP contribution in [0, 0.1) is 0 Å². The molecule has 0 unspecified atom stereocenters. The average molecular weight is 299 g/mol. The molecule has 1 aromatic carbocycles. The lowest BCUT2D eigenvalue weighted by Crippen LogP contribution is -2.46. The highest BCUT2D eigenvalue weighted by atomic mass is 16.7. The Kier molecular flexibility index (Phi) is 3.13. The van der Waals surface area contributed by atoms with Crippen LogP contribution in [-0.2, 0) is 26.3 Å². The minimum atomic E-state index is 0.189. The summed E-state index contributed by atoms with van der Waals surface area (Å²) in [7, 11) is 1.92. The minimum Gasteiger partial charge on any atom is -0.454 e. The zero-order valence-electron chi connectivity index (χ0n) is 12.6. The molecule has 0 amide bonds. The van der Waals surface area contributed by atoms with Gasteiger partial charge in [0.05, 0.1) is 12.1 Å². The summed E-state index contributed by atoms with van der Waals surface area (Å²) < 4.78 is 12.6. The maximum atomic E-state index is 12.8. The Balaban J connectivity index is 1.72. The Labute approximate surface area is 128 Å². The van der Waals surface area contributed by atoms with Gasteiger partial charge in [-0.25, -0.2) is 0 Å². The number of nitrogens with zero attached hydrogens (tertiary/aromatic N) is 1. The van der Waals surface area contributed by atoms with Crippen molar-refractivity contribution in [2.45, 2.75) is 32.1 Å². The Morgan fingerprint density at radius 3 is 2.91 bits per heavy atom. The lowest BCUT2D eigenvalue weighted by molar-refractivity contribution is -0.738. The van der Waals surface area contributed by atoms with E-state index in [0.29, 0.717) is 6.42 Å². The molecular weight excluding hydrogens is 280 g/mol. The van der Waals surface area contributed by atoms with Crippen LogP contribution in [0.1, 0.15) is 35.4 Å². The van der Waals surface area contributed by atoms with Gasteiger partial charge in [0.1, 0.15) is 0 Å². The molecule has 2 aliphatic rings. The van der Waals surface area contributed by atoms with Crippen molar-refractivity contribution in [1.82, 2.24) is 5.10 Å². The van der Waals surface area contributed by atoms with Crippen molar-refractivity contribution in [3.05, 3.63) is 50.9 Å². The summed E-state index contributed by atoms with van der Waals surface area (Å²) in [6, 6.07) is 5.86. The summed E-state index contributed by atoms with van der Waals surface area (Å²) in [5, 5.41) is 3.37. The van der Waals surface area contributed by atoms with E-state index in [9.17, 15) is 4.79 Å². The van der Waals surface area contributed by atoms with E-state index in [-0.39, 0.29) is 12.2 Å². The van der Waals surface area contributed by atoms with Crippen molar-refractivity contribution in [2.24, 2.45) is 7.05 Å². The zero-order valence-corrected chi connectivity index (χ0v) is 12.6. The van der Waals surface area contributed by atoms with Crippen molar-refractivity contribution in [2.75, 3.05) is 6.79 Å². The minimum absolute atomic E-state index is 0.189. The first-order chi connectivity index (χ1) is 10.7. The van der Waals surface area contributed by atoms with Crippen LogP contribution in [-0.4, -0.2) is 11.9 Å². The third-order valence-electron chi connectivity index (χ3n) is 4.52. The van der Waals surface area contributed by atoms with Gasteiger partial charge < -0.3 is 9.47 Å². The van der Waals surface area contributed by atoms with Crippen molar-refractivity contribution in [3.63, 3.8) is 0 Å². The summed E-state index contributed by atoms with van der Waals surface area (Å²) in [4.78, 5) is 12.8. The van der Waals surface area contributed by atoms with Crippen LogP contribution in [0.3, 0.4) is 0 Å². The van der Waals surface area contributed by atoms with E-state index in [0.717, 1.165) is 59.7 Å². The number of aryl methyl sites for hydroxylation is 2. The molecule has 22 heavy (non-hydrogen) atoms. The molecule has 2 heterocycles. The predicted octanol–water partition coefficient (Wildman–Crippen LogP) is 1.40. The molecule has 2 aromatic rings. The first kappa shape index (κ1) is 13.4. The summed E-state index contributed by atoms with van der Waals surface area (Å²) in [5.41, 5.74) is 4.11. The van der Waals surface area contributed by atoms with Gasteiger partial charge in [-0.3, -0.25) is 4.79 Å². The van der Waals surface area contributed by atoms with Gasteiger partial charge in [0, 0.05) is 5.56 Å². The Morgan fingerprint density at radius 2 is 2.00 bits per heavy atom. The standard InChI is InChI=1S/C17H18N2O3/c1-19-14(17(20)12-4-2-3-5-13(12)18-19)8-11-6-7-15-16(9-11)22-10-21-15/h6-7,9H,2-5,8,10H2,1H3/p+1. The van der Waals surface area contributed by atoms with Crippen LogP contribution < -0.4 is 19.6 Å². The Bertz CT molecular complexity index is 795. The van der Waals surface area contributed by atoms with Crippen LogP contribution in [0.2, 0.25) is 0 Å². The van der Waals surface area contributed by atoms with Crippen LogP contribution in [0.5, 0.6) is 11.5 Å². The van der Waals surface area contributed by atoms with Crippen LogP contribution in [0.25, 0.3) is 0 Å². The molecule has 0 radical (unpaired) electrons. The number of aromatic amines is 1. The number of nitrogens with one attached hydrogen (secondary N) is 1. The number of aromatic nitrogens is 2. The quantitative estimate of drug-likeness (QED) is 0.853. The highest BCUT2D eigenvalue weighted by molar-refractivity contribution is 5.45. The van der Waals surface area contributed by atoms with Crippen molar-refractivity contribution in [3.8, 4) is 11.5 Å². The second-order valence-corrected chi connectivity index (χ2v) is 5.98. The summed E-state index contributed by atoms with van der Waals surface area (Å²) >= 11 is 0. The molecule has 0 bridgehead atoms. The topological polar surface area (TPSA) is 55.2 Å². The van der Waals surface area contributed by atoms with Gasteiger partial charge in [-0.15, -0.1) is 4.68 Å². The Morgan fingerprint density at radius 1 is 1.18 bits per heavy atom. The fourth-order valence-corrected chi connectivity index (χ4v) is 3.32. The molecule has 1 aliphatic heterocycles. The average Bonchev–Trinajstić information content (AvgIpc) is 2.99. The number of benzene rings is 1. The maximum absolute atomic E-state index is 12.8. The molecular formula is C17H19N2O3+. The van der Waals surface area contributed by atoms with Gasteiger partial charge in [0.25, 0.3) is 11.1 Å². The molecule has 1 aliphatic carbocycles. The molecule has 1 aromatic heterocycles. The molecule has 114 valence electrons. The number of hydrogen-bond donors (Lipinski definition) is 1. The first-order valence-corrected chi connectivity index (χ1v) is 7.74. The summed E-state index contributed by atoms with van der Waals surface area (Å²) in [6.07, 6.45) is 4.72. The monoisotopic (exact) mass is 299 g/mol. The molecule has 0 fully saturated rings. The fourth-order valence-electron chi connectivity index (χ4n) is 3.32. The largest absolute Gasteiger partial charge is 0.454 e. The third-order valence-corrected chi connectivity index (χ3v) is 4.52. The lowest BCUT2D eigenvalue weighted by Gasteiger charge is -2.14. The number of hydrogen-bond acceptors (Lipinski definition) is 3. The van der Waals surface area contributed by atoms with Crippen LogP contribution in [0.4, 0.5) is 0 Å². The van der Waals surface area contributed by atoms with E-state index in [1.165, 1.54) is 0 Å². The van der Waals surface area contributed by atoms with E-state index in [1.807, 2.05) is 29.9 Å². The number of fused-ring (bicyclic) bond motifs is 2. The van der Waals surface area contributed by atoms with Gasteiger partial charge in [0.2, 0.25) is 6.79 Å². The van der Waals surface area contributed by atoms with E-state index in [4.69, 9.17) is 9.47 Å². The Hall–Kier alpha value is -2.30. The molecule has 1 N–H and O–H groups in total. The smallest absolute Gasteiger partial charge is 0.257 e. The fraction of sp³-hybridized carbons (Fsp3) is 0.412. The zero-order chi connectivity index (χ0) is 15.1. The van der Waals surface area contributed by atoms with Crippen LogP contribution >= 0.6 is 0 Å². The molecule has 0 saturated carbocycles. The highest BCUT2D eigenvalue weighted by Crippen LogP contribution is 2.32. The molecule has 4 rings (SSSR count). The third kappa shape index (κ3) is 2.17. The SMILES string of the molecule is C[n+]1[nH]c2c(c(=O)c1Cc1ccc3c(c1)OCO3)CCCC2. The molecule has 5 nitrogen and oxygen atoms in total. The number of H-pyrrole nitrogens is 1.